The zero-order valence-electron chi connectivity index (χ0n) is 13.3. The third-order valence-corrected chi connectivity index (χ3v) is 3.11. The number of carboxylic acids is 1. The van der Waals surface area contributed by atoms with Crippen LogP contribution in [0.5, 0.6) is 5.75 Å². The number of hydrogen-bond acceptors (Lipinski definition) is 4. The minimum absolute atomic E-state index is 0.142. The summed E-state index contributed by atoms with van der Waals surface area (Å²) in [6.07, 6.45) is -0.718. The second kappa shape index (κ2) is 5.36. The maximum Gasteiger partial charge on any atom is 0.419 e. The van der Waals surface area contributed by atoms with E-state index in [4.69, 9.17) is 9.47 Å². The zero-order valence-corrected chi connectivity index (χ0v) is 13.3. The van der Waals surface area contributed by atoms with Gasteiger partial charge in [0.1, 0.15) is 17.0 Å². The summed E-state index contributed by atoms with van der Waals surface area (Å²) in [4.78, 5) is 23.8. The van der Waals surface area contributed by atoms with Gasteiger partial charge in [-0.2, -0.15) is 0 Å². The van der Waals surface area contributed by atoms with Crippen LogP contribution in [0.15, 0.2) is 18.2 Å². The lowest BCUT2D eigenvalue weighted by molar-refractivity contribution is 0.0513. The van der Waals surface area contributed by atoms with Gasteiger partial charge in [0.05, 0.1) is 12.6 Å². The third kappa shape index (κ3) is 2.90. The Morgan fingerprint density at radius 1 is 1.18 bits per heavy atom. The fraction of sp³-hybridized carbons (Fsp3) is 0.375. The number of aromatic nitrogens is 1. The Bertz CT molecular complexity index is 752. The van der Waals surface area contributed by atoms with Crippen molar-refractivity contribution >= 4 is 23.0 Å². The predicted molar refractivity (Wildman–Crippen MR) is 81.8 cm³/mol. The highest BCUT2D eigenvalue weighted by atomic mass is 16.6. The molecule has 0 amide bonds. The van der Waals surface area contributed by atoms with Crippen molar-refractivity contribution in [3.8, 4) is 5.75 Å². The van der Waals surface area contributed by atoms with Gasteiger partial charge in [0, 0.05) is 5.39 Å². The first-order valence-corrected chi connectivity index (χ1v) is 6.81. The molecule has 22 heavy (non-hydrogen) atoms. The van der Waals surface area contributed by atoms with Crippen molar-refractivity contribution in [2.45, 2.75) is 33.3 Å². The van der Waals surface area contributed by atoms with Crippen LogP contribution in [0, 0.1) is 6.92 Å². The fourth-order valence-corrected chi connectivity index (χ4v) is 2.22. The molecule has 6 heteroatoms. The molecule has 0 radical (unpaired) electrons. The van der Waals surface area contributed by atoms with Crippen LogP contribution in [-0.4, -0.2) is 34.4 Å². The average molecular weight is 305 g/mol. The second-order valence-electron chi connectivity index (χ2n) is 6.03. The molecule has 0 spiro atoms. The lowest BCUT2D eigenvalue weighted by atomic mass is 10.1. The number of benzene rings is 1. The smallest absolute Gasteiger partial charge is 0.419 e. The Hall–Kier alpha value is -2.50. The van der Waals surface area contributed by atoms with Crippen molar-refractivity contribution in [3.05, 3.63) is 29.5 Å². The summed E-state index contributed by atoms with van der Waals surface area (Å²) < 4.78 is 11.6. The number of nitrogens with zero attached hydrogens (tertiary/aromatic N) is 1. The Kier molecular flexibility index (Phi) is 3.87. The first-order chi connectivity index (χ1) is 10.1. The number of carbonyl (C=O) groups is 2. The molecule has 2 aromatic rings. The lowest BCUT2D eigenvalue weighted by Gasteiger charge is -2.20. The van der Waals surface area contributed by atoms with E-state index in [-0.39, 0.29) is 5.69 Å². The molecular weight excluding hydrogens is 286 g/mol. The van der Waals surface area contributed by atoms with Gasteiger partial charge < -0.3 is 14.6 Å². The molecule has 118 valence electrons. The summed E-state index contributed by atoms with van der Waals surface area (Å²) in [5.41, 5.74) is 0.419. The highest BCUT2D eigenvalue weighted by Gasteiger charge is 2.25. The molecule has 0 fully saturated rings. The number of aryl methyl sites for hydroxylation is 1. The van der Waals surface area contributed by atoms with E-state index < -0.39 is 17.7 Å². The third-order valence-electron chi connectivity index (χ3n) is 3.11. The van der Waals surface area contributed by atoms with E-state index >= 15 is 0 Å². The highest BCUT2D eigenvalue weighted by molar-refractivity contribution is 6.01. The average Bonchev–Trinajstić information content (AvgIpc) is 2.74. The molecule has 1 aromatic carbocycles. The van der Waals surface area contributed by atoms with Crippen LogP contribution in [0.3, 0.4) is 0 Å². The molecule has 1 heterocycles. The quantitative estimate of drug-likeness (QED) is 0.919. The summed E-state index contributed by atoms with van der Waals surface area (Å²) in [5.74, 6) is -0.565. The van der Waals surface area contributed by atoms with Gasteiger partial charge in [0.25, 0.3) is 0 Å². The molecule has 0 bridgehead atoms. The lowest BCUT2D eigenvalue weighted by Crippen LogP contribution is -2.28. The maximum absolute atomic E-state index is 12.4. The van der Waals surface area contributed by atoms with Crippen LogP contribution < -0.4 is 4.74 Å². The Morgan fingerprint density at radius 3 is 2.32 bits per heavy atom. The number of fused-ring (bicyclic) bond motifs is 1. The molecule has 2 rings (SSSR count). The van der Waals surface area contributed by atoms with Crippen molar-refractivity contribution in [1.29, 1.82) is 0 Å². The van der Waals surface area contributed by atoms with Gasteiger partial charge in [-0.25, -0.2) is 14.2 Å². The molecular formula is C16H19NO5. The van der Waals surface area contributed by atoms with Crippen LogP contribution in [-0.2, 0) is 4.74 Å². The first kappa shape index (κ1) is 15.9. The summed E-state index contributed by atoms with van der Waals surface area (Å²) in [7, 11) is 1.54. The number of methoxy groups -OCH3 is 1. The van der Waals surface area contributed by atoms with E-state index in [9.17, 15) is 14.7 Å². The molecule has 0 aliphatic carbocycles. The van der Waals surface area contributed by atoms with Crippen LogP contribution in [0.4, 0.5) is 4.79 Å². The van der Waals surface area contributed by atoms with Gasteiger partial charge in [0.2, 0.25) is 0 Å². The normalized spacial score (nSPS) is 11.5. The van der Waals surface area contributed by atoms with E-state index in [0.717, 1.165) is 10.1 Å². The minimum Gasteiger partial charge on any atom is -0.496 e. The topological polar surface area (TPSA) is 77.8 Å². The van der Waals surface area contributed by atoms with Gasteiger partial charge in [-0.3, -0.25) is 0 Å². The minimum atomic E-state index is -1.20. The highest BCUT2D eigenvalue weighted by Crippen LogP contribution is 2.29. The van der Waals surface area contributed by atoms with Gasteiger partial charge in [0.15, 0.2) is 0 Å². The summed E-state index contributed by atoms with van der Waals surface area (Å²) in [5, 5.41) is 9.95. The molecule has 6 nitrogen and oxygen atoms in total. The van der Waals surface area contributed by atoms with Gasteiger partial charge in [-0.15, -0.1) is 0 Å². The molecule has 0 aliphatic rings. The number of rotatable bonds is 2. The number of aromatic carboxylic acids is 1. The SMILES string of the molecule is COc1cc2cc(C(=O)O)n(C(=O)OC(C)(C)C)c2cc1C. The fourth-order valence-electron chi connectivity index (χ4n) is 2.22. The van der Waals surface area contributed by atoms with Crippen LogP contribution in [0.2, 0.25) is 0 Å². The molecule has 0 saturated heterocycles. The molecule has 0 aliphatic heterocycles. The van der Waals surface area contributed by atoms with Crippen LogP contribution in [0.1, 0.15) is 36.8 Å². The molecule has 1 N–H and O–H groups in total. The molecule has 0 saturated carbocycles. The van der Waals surface area contributed by atoms with Crippen molar-refractivity contribution < 1.29 is 24.2 Å². The molecule has 1 aromatic heterocycles. The van der Waals surface area contributed by atoms with Gasteiger partial charge in [-0.05, 0) is 51.5 Å². The summed E-state index contributed by atoms with van der Waals surface area (Å²) in [6.45, 7) is 7.01. The van der Waals surface area contributed by atoms with Crippen molar-refractivity contribution in [2.75, 3.05) is 7.11 Å². The number of carbonyl (C=O) groups excluding carboxylic acids is 1. The molecule has 0 atom stereocenters. The second-order valence-corrected chi connectivity index (χ2v) is 6.03. The van der Waals surface area contributed by atoms with Crippen molar-refractivity contribution in [2.24, 2.45) is 0 Å². The van der Waals surface area contributed by atoms with E-state index in [1.807, 2.05) is 6.92 Å². The van der Waals surface area contributed by atoms with Gasteiger partial charge >= 0.3 is 12.1 Å². The summed E-state index contributed by atoms with van der Waals surface area (Å²) in [6, 6.07) is 4.85. The zero-order chi connectivity index (χ0) is 16.7. The van der Waals surface area contributed by atoms with Crippen molar-refractivity contribution in [1.82, 2.24) is 4.57 Å². The first-order valence-electron chi connectivity index (χ1n) is 6.81. The van der Waals surface area contributed by atoms with Gasteiger partial charge in [-0.1, -0.05) is 0 Å². The number of carboxylic acid groups (broad SMARTS) is 1. The van der Waals surface area contributed by atoms with Crippen LogP contribution in [0.25, 0.3) is 10.9 Å². The maximum atomic E-state index is 12.4. The van der Waals surface area contributed by atoms with E-state index in [1.54, 1.807) is 32.9 Å². The van der Waals surface area contributed by atoms with Crippen LogP contribution >= 0.6 is 0 Å². The number of hydrogen-bond donors (Lipinski definition) is 1. The standard InChI is InChI=1S/C16H19NO5/c1-9-6-11-10(8-13(9)21-5)7-12(14(18)19)17(11)15(20)22-16(2,3)4/h6-8H,1-5H3,(H,18,19). The summed E-state index contributed by atoms with van der Waals surface area (Å²) >= 11 is 0. The Morgan fingerprint density at radius 2 is 1.82 bits per heavy atom. The van der Waals surface area contributed by atoms with E-state index in [1.165, 1.54) is 13.2 Å². The van der Waals surface area contributed by atoms with Crippen molar-refractivity contribution in [3.63, 3.8) is 0 Å². The number of ether oxygens (including phenoxy) is 2. The predicted octanol–water partition coefficient (Wildman–Crippen LogP) is 3.44. The molecule has 0 unspecified atom stereocenters. The Labute approximate surface area is 128 Å². The Balaban J connectivity index is 2.69. The monoisotopic (exact) mass is 305 g/mol. The van der Waals surface area contributed by atoms with E-state index in [0.29, 0.717) is 16.7 Å². The van der Waals surface area contributed by atoms with E-state index in [2.05, 4.69) is 0 Å². The largest absolute Gasteiger partial charge is 0.496 e.